The van der Waals surface area contributed by atoms with Crippen LogP contribution < -0.4 is 5.32 Å². The van der Waals surface area contributed by atoms with Gasteiger partial charge in [-0.25, -0.2) is 4.98 Å². The number of benzene rings is 1. The molecule has 1 amide bonds. The van der Waals surface area contributed by atoms with Gasteiger partial charge in [0.25, 0.3) is 0 Å². The zero-order valence-electron chi connectivity index (χ0n) is 9.07. The number of hydrogen-bond acceptors (Lipinski definition) is 3. The van der Waals surface area contributed by atoms with Gasteiger partial charge in [0.15, 0.2) is 0 Å². The predicted octanol–water partition coefficient (Wildman–Crippen LogP) is 3.69. The van der Waals surface area contributed by atoms with Gasteiger partial charge in [0.1, 0.15) is 5.52 Å². The molecule has 1 aromatic carbocycles. The van der Waals surface area contributed by atoms with E-state index < -0.39 is 0 Å². The smallest absolute Gasteiger partial charge is 0.224 e. The molecule has 0 spiro atoms. The van der Waals surface area contributed by atoms with Crippen LogP contribution in [0.1, 0.15) is 19.3 Å². The number of nitrogens with zero attached hydrogens (tertiary/aromatic N) is 1. The maximum atomic E-state index is 11.8. The third-order valence-electron chi connectivity index (χ3n) is 2.89. The highest BCUT2D eigenvalue weighted by Gasteiger charge is 2.25. The van der Waals surface area contributed by atoms with Gasteiger partial charge in [0.2, 0.25) is 5.91 Å². The second kappa shape index (κ2) is 4.27. The summed E-state index contributed by atoms with van der Waals surface area (Å²) in [5.74, 6) is 0.610. The lowest BCUT2D eigenvalue weighted by atomic mass is 10.2. The third-order valence-corrected chi connectivity index (χ3v) is 4.00. The minimum Gasteiger partial charge on any atom is -0.323 e. The molecule has 0 saturated heterocycles. The Hall–Kier alpha value is -1.13. The van der Waals surface area contributed by atoms with E-state index in [9.17, 15) is 4.79 Å². The molecule has 1 fully saturated rings. The number of hydrogen-bond donors (Lipinski definition) is 1. The molecule has 0 aliphatic heterocycles. The van der Waals surface area contributed by atoms with Crippen LogP contribution in [-0.2, 0) is 4.79 Å². The van der Waals surface area contributed by atoms with Gasteiger partial charge in [-0.1, -0.05) is 11.6 Å². The summed E-state index contributed by atoms with van der Waals surface area (Å²) < 4.78 is 1.04. The van der Waals surface area contributed by atoms with Crippen LogP contribution >= 0.6 is 22.9 Å². The largest absolute Gasteiger partial charge is 0.323 e. The molecule has 17 heavy (non-hydrogen) atoms. The number of anilines is 1. The zero-order chi connectivity index (χ0) is 11.8. The monoisotopic (exact) mass is 266 g/mol. The third kappa shape index (κ3) is 2.28. The van der Waals surface area contributed by atoms with Gasteiger partial charge in [-0.15, -0.1) is 11.3 Å². The summed E-state index contributed by atoms with van der Waals surface area (Å²) in [5, 5.41) is 3.43. The van der Waals surface area contributed by atoms with Crippen molar-refractivity contribution in [3.05, 3.63) is 22.7 Å². The SMILES string of the molecule is O=C(CC1CC1)Nc1c(Cl)ccc2scnc12. The second-order valence-corrected chi connectivity index (χ2v) is 5.61. The maximum absolute atomic E-state index is 11.8. The predicted molar refractivity (Wildman–Crippen MR) is 70.6 cm³/mol. The Morgan fingerprint density at radius 1 is 1.53 bits per heavy atom. The molecule has 1 aromatic heterocycles. The van der Waals surface area contributed by atoms with Crippen molar-refractivity contribution in [2.75, 3.05) is 5.32 Å². The number of nitrogens with one attached hydrogen (secondary N) is 1. The molecule has 1 heterocycles. The van der Waals surface area contributed by atoms with Crippen molar-refractivity contribution in [2.24, 2.45) is 5.92 Å². The second-order valence-electron chi connectivity index (χ2n) is 4.32. The van der Waals surface area contributed by atoms with Crippen LogP contribution in [0.3, 0.4) is 0 Å². The summed E-state index contributed by atoms with van der Waals surface area (Å²) in [6.07, 6.45) is 2.93. The van der Waals surface area contributed by atoms with Crippen molar-refractivity contribution in [1.29, 1.82) is 0 Å². The van der Waals surface area contributed by atoms with Crippen LogP contribution in [0.4, 0.5) is 5.69 Å². The summed E-state index contributed by atoms with van der Waals surface area (Å²) in [7, 11) is 0. The standard InChI is InChI=1S/C12H11ClN2OS/c13-8-3-4-9-12(14-6-17-9)11(8)15-10(16)5-7-1-2-7/h3-4,6-7H,1-2,5H2,(H,15,16). The number of rotatable bonds is 3. The van der Waals surface area contributed by atoms with Crippen LogP contribution in [0.15, 0.2) is 17.6 Å². The van der Waals surface area contributed by atoms with Gasteiger partial charge in [-0.3, -0.25) is 4.79 Å². The Bertz CT molecular complexity index is 577. The Morgan fingerprint density at radius 2 is 2.35 bits per heavy atom. The highest BCUT2D eigenvalue weighted by Crippen LogP contribution is 2.35. The van der Waals surface area contributed by atoms with Crippen LogP contribution in [0.2, 0.25) is 5.02 Å². The Balaban J connectivity index is 1.89. The molecule has 0 bridgehead atoms. The lowest BCUT2D eigenvalue weighted by molar-refractivity contribution is -0.116. The van der Waals surface area contributed by atoms with Crippen LogP contribution in [-0.4, -0.2) is 10.9 Å². The van der Waals surface area contributed by atoms with E-state index in [4.69, 9.17) is 11.6 Å². The average molecular weight is 267 g/mol. The summed E-state index contributed by atoms with van der Waals surface area (Å²) >= 11 is 7.65. The normalized spacial score (nSPS) is 15.1. The van der Waals surface area contributed by atoms with E-state index in [0.717, 1.165) is 10.2 Å². The molecule has 0 radical (unpaired) electrons. The van der Waals surface area contributed by atoms with E-state index in [0.29, 0.717) is 23.0 Å². The van der Waals surface area contributed by atoms with Crippen LogP contribution in [0, 0.1) is 5.92 Å². The van der Waals surface area contributed by atoms with E-state index in [2.05, 4.69) is 10.3 Å². The maximum Gasteiger partial charge on any atom is 0.224 e. The van der Waals surface area contributed by atoms with Gasteiger partial charge < -0.3 is 5.32 Å². The first-order chi connectivity index (χ1) is 8.24. The van der Waals surface area contributed by atoms with Gasteiger partial charge in [-0.05, 0) is 30.9 Å². The molecular formula is C12H11ClN2OS. The molecule has 88 valence electrons. The quantitative estimate of drug-likeness (QED) is 0.921. The molecule has 3 nitrogen and oxygen atoms in total. The molecule has 5 heteroatoms. The lowest BCUT2D eigenvalue weighted by Gasteiger charge is -2.07. The first-order valence-corrected chi connectivity index (χ1v) is 6.81. The molecule has 3 rings (SSSR count). The molecule has 1 aliphatic rings. The highest BCUT2D eigenvalue weighted by atomic mass is 35.5. The fourth-order valence-electron chi connectivity index (χ4n) is 1.80. The molecular weight excluding hydrogens is 256 g/mol. The molecule has 0 unspecified atom stereocenters. The van der Waals surface area contributed by atoms with Crippen molar-refractivity contribution < 1.29 is 4.79 Å². The van der Waals surface area contributed by atoms with Crippen molar-refractivity contribution >= 4 is 44.7 Å². The molecule has 0 atom stereocenters. The molecule has 1 saturated carbocycles. The number of halogens is 1. The highest BCUT2D eigenvalue weighted by molar-refractivity contribution is 7.16. The Labute approximate surface area is 108 Å². The number of fused-ring (bicyclic) bond motifs is 1. The van der Waals surface area contributed by atoms with Crippen LogP contribution in [0.25, 0.3) is 10.2 Å². The number of carbonyl (C=O) groups is 1. The Morgan fingerprint density at radius 3 is 3.12 bits per heavy atom. The van der Waals surface area contributed by atoms with Gasteiger partial charge >= 0.3 is 0 Å². The van der Waals surface area contributed by atoms with Gasteiger partial charge in [0, 0.05) is 6.42 Å². The summed E-state index contributed by atoms with van der Waals surface area (Å²) in [4.78, 5) is 16.0. The van der Waals surface area contributed by atoms with Crippen molar-refractivity contribution in [3.63, 3.8) is 0 Å². The average Bonchev–Trinajstić information content (AvgIpc) is 2.96. The fourth-order valence-corrected chi connectivity index (χ4v) is 2.68. The van der Waals surface area contributed by atoms with Gasteiger partial charge in [-0.2, -0.15) is 0 Å². The van der Waals surface area contributed by atoms with Crippen molar-refractivity contribution in [2.45, 2.75) is 19.3 Å². The van der Waals surface area contributed by atoms with E-state index in [1.54, 1.807) is 22.9 Å². The summed E-state index contributed by atoms with van der Waals surface area (Å²) in [6.45, 7) is 0. The van der Waals surface area contributed by atoms with E-state index >= 15 is 0 Å². The minimum atomic E-state index is 0.0369. The topological polar surface area (TPSA) is 42.0 Å². The number of aromatic nitrogens is 1. The number of thiazole rings is 1. The van der Waals surface area contributed by atoms with Crippen molar-refractivity contribution in [3.8, 4) is 0 Å². The fraction of sp³-hybridized carbons (Fsp3) is 0.333. The zero-order valence-corrected chi connectivity index (χ0v) is 10.6. The summed E-state index contributed by atoms with van der Waals surface area (Å²) in [5.41, 5.74) is 3.19. The molecule has 2 aromatic rings. The first-order valence-electron chi connectivity index (χ1n) is 5.55. The number of carbonyl (C=O) groups excluding carboxylic acids is 1. The van der Waals surface area contributed by atoms with Crippen molar-refractivity contribution in [1.82, 2.24) is 4.98 Å². The lowest BCUT2D eigenvalue weighted by Crippen LogP contribution is -2.12. The Kier molecular flexibility index (Phi) is 2.76. The first kappa shape index (κ1) is 11.0. The van der Waals surface area contributed by atoms with E-state index in [-0.39, 0.29) is 5.91 Å². The molecule has 1 N–H and O–H groups in total. The summed E-state index contributed by atoms with van der Waals surface area (Å²) in [6, 6.07) is 3.72. The molecule has 1 aliphatic carbocycles. The van der Waals surface area contributed by atoms with Crippen LogP contribution in [0.5, 0.6) is 0 Å². The van der Waals surface area contributed by atoms with Gasteiger partial charge in [0.05, 0.1) is 20.9 Å². The van der Waals surface area contributed by atoms with E-state index in [1.165, 1.54) is 12.8 Å². The van der Waals surface area contributed by atoms with E-state index in [1.807, 2.05) is 6.07 Å². The minimum absolute atomic E-state index is 0.0369. The number of amides is 1.